The molecule has 0 saturated carbocycles. The summed E-state index contributed by atoms with van der Waals surface area (Å²) in [6.45, 7) is 2.98. The monoisotopic (exact) mass is 418 g/mol. The summed E-state index contributed by atoms with van der Waals surface area (Å²) in [6, 6.07) is 4.75. The summed E-state index contributed by atoms with van der Waals surface area (Å²) in [4.78, 5) is 42.1. The van der Waals surface area contributed by atoms with Crippen LogP contribution in [0.5, 0.6) is 11.5 Å². The number of hydrogen-bond donors (Lipinski definition) is 2. The molecular formula is C19H22N4O5S. The van der Waals surface area contributed by atoms with E-state index in [0.29, 0.717) is 47.5 Å². The second-order valence-corrected chi connectivity index (χ2v) is 7.08. The Balaban J connectivity index is 1.53. The molecule has 29 heavy (non-hydrogen) atoms. The van der Waals surface area contributed by atoms with Crippen LogP contribution in [0.15, 0.2) is 23.6 Å². The lowest BCUT2D eigenvalue weighted by atomic mass is 10.2. The molecule has 2 N–H and O–H groups in total. The van der Waals surface area contributed by atoms with Crippen molar-refractivity contribution in [2.75, 3.05) is 25.2 Å². The molecule has 2 aromatic rings. The molecule has 1 fully saturated rings. The molecule has 2 heterocycles. The Morgan fingerprint density at radius 3 is 2.79 bits per heavy atom. The number of anilines is 1. The van der Waals surface area contributed by atoms with Gasteiger partial charge in [-0.1, -0.05) is 0 Å². The summed E-state index contributed by atoms with van der Waals surface area (Å²) in [6.07, 6.45) is 1.33. The summed E-state index contributed by atoms with van der Waals surface area (Å²) in [5, 5.41) is 2.33. The van der Waals surface area contributed by atoms with Crippen LogP contribution in [0, 0.1) is 0 Å². The van der Waals surface area contributed by atoms with Crippen molar-refractivity contribution in [3.63, 3.8) is 0 Å². The number of methoxy groups -OCH3 is 1. The maximum atomic E-state index is 12.3. The van der Waals surface area contributed by atoms with Gasteiger partial charge in [0, 0.05) is 23.9 Å². The van der Waals surface area contributed by atoms with Gasteiger partial charge in [0.25, 0.3) is 5.91 Å². The number of carbonyl (C=O) groups excluding carboxylic acids is 3. The van der Waals surface area contributed by atoms with E-state index in [-0.39, 0.29) is 12.3 Å². The average molecular weight is 418 g/mol. The number of carbonyl (C=O) groups is 3. The van der Waals surface area contributed by atoms with E-state index in [2.05, 4.69) is 15.8 Å². The highest BCUT2D eigenvalue weighted by atomic mass is 32.1. The molecule has 1 aliphatic rings. The van der Waals surface area contributed by atoms with Crippen LogP contribution >= 0.6 is 11.3 Å². The van der Waals surface area contributed by atoms with Gasteiger partial charge in [0.15, 0.2) is 16.6 Å². The lowest BCUT2D eigenvalue weighted by Crippen LogP contribution is -2.42. The third-order valence-corrected chi connectivity index (χ3v) is 5.14. The van der Waals surface area contributed by atoms with E-state index in [0.717, 1.165) is 6.42 Å². The molecule has 0 aliphatic carbocycles. The predicted molar refractivity (Wildman–Crippen MR) is 107 cm³/mol. The van der Waals surface area contributed by atoms with Crippen LogP contribution in [0.3, 0.4) is 0 Å². The maximum absolute atomic E-state index is 12.3. The van der Waals surface area contributed by atoms with Crippen molar-refractivity contribution < 1.29 is 23.9 Å². The summed E-state index contributed by atoms with van der Waals surface area (Å²) in [5.74, 6) is 0.110. The number of hydrogen-bond acceptors (Lipinski definition) is 7. The van der Waals surface area contributed by atoms with Crippen LogP contribution in [0.25, 0.3) is 0 Å². The zero-order valence-electron chi connectivity index (χ0n) is 16.2. The van der Waals surface area contributed by atoms with Crippen LogP contribution in [0.2, 0.25) is 0 Å². The molecule has 0 radical (unpaired) electrons. The first kappa shape index (κ1) is 20.6. The second-order valence-electron chi connectivity index (χ2n) is 6.25. The Bertz CT molecular complexity index is 914. The quantitative estimate of drug-likeness (QED) is 0.662. The molecule has 9 nitrogen and oxygen atoms in total. The normalized spacial score (nSPS) is 13.3. The number of hydrazine groups is 1. The second kappa shape index (κ2) is 9.37. The van der Waals surface area contributed by atoms with E-state index < -0.39 is 11.8 Å². The molecule has 1 aromatic carbocycles. The number of amides is 3. The number of benzene rings is 1. The molecular weight excluding hydrogens is 396 g/mol. The fourth-order valence-corrected chi connectivity index (χ4v) is 3.71. The van der Waals surface area contributed by atoms with Gasteiger partial charge in [-0.05, 0) is 31.5 Å². The first-order valence-electron chi connectivity index (χ1n) is 9.16. The van der Waals surface area contributed by atoms with Crippen molar-refractivity contribution in [3.05, 3.63) is 34.8 Å². The fourth-order valence-electron chi connectivity index (χ4n) is 2.84. The summed E-state index contributed by atoms with van der Waals surface area (Å²) < 4.78 is 10.6. The number of aromatic nitrogens is 1. The van der Waals surface area contributed by atoms with Crippen molar-refractivity contribution in [1.29, 1.82) is 0 Å². The molecule has 1 aromatic heterocycles. The highest BCUT2D eigenvalue weighted by molar-refractivity contribution is 7.14. The maximum Gasteiger partial charge on any atom is 0.269 e. The molecule has 10 heteroatoms. The minimum atomic E-state index is -0.485. The SMILES string of the molecule is CCOc1ccc(C(=O)NNC(=O)Cc2csc(N3CCCC3=O)n2)cc1OC. The molecule has 3 amide bonds. The van der Waals surface area contributed by atoms with Gasteiger partial charge in [-0.2, -0.15) is 0 Å². The molecule has 3 rings (SSSR count). The van der Waals surface area contributed by atoms with Gasteiger partial charge in [0.1, 0.15) is 0 Å². The van der Waals surface area contributed by atoms with E-state index in [1.54, 1.807) is 22.4 Å². The van der Waals surface area contributed by atoms with Gasteiger partial charge >= 0.3 is 0 Å². The van der Waals surface area contributed by atoms with Gasteiger partial charge in [0.2, 0.25) is 11.8 Å². The zero-order chi connectivity index (χ0) is 20.8. The van der Waals surface area contributed by atoms with Crippen LogP contribution in [0.1, 0.15) is 35.8 Å². The van der Waals surface area contributed by atoms with E-state index in [4.69, 9.17) is 9.47 Å². The van der Waals surface area contributed by atoms with E-state index in [1.165, 1.54) is 24.5 Å². The smallest absolute Gasteiger partial charge is 0.269 e. The van der Waals surface area contributed by atoms with Crippen molar-refractivity contribution in [3.8, 4) is 11.5 Å². The molecule has 0 unspecified atom stereocenters. The summed E-state index contributed by atoms with van der Waals surface area (Å²) >= 11 is 1.32. The first-order valence-corrected chi connectivity index (χ1v) is 10.0. The van der Waals surface area contributed by atoms with Gasteiger partial charge in [0.05, 0.1) is 25.8 Å². The Kier molecular flexibility index (Phi) is 6.65. The van der Waals surface area contributed by atoms with E-state index in [9.17, 15) is 14.4 Å². The number of ether oxygens (including phenoxy) is 2. The molecule has 154 valence electrons. The molecule has 1 aliphatic heterocycles. The summed E-state index contributed by atoms with van der Waals surface area (Å²) in [5.41, 5.74) is 5.59. The van der Waals surface area contributed by atoms with Crippen molar-refractivity contribution >= 4 is 34.2 Å². The minimum Gasteiger partial charge on any atom is -0.493 e. The van der Waals surface area contributed by atoms with Crippen molar-refractivity contribution in [2.45, 2.75) is 26.2 Å². The topological polar surface area (TPSA) is 110 Å². The van der Waals surface area contributed by atoms with Crippen molar-refractivity contribution in [2.24, 2.45) is 0 Å². The average Bonchev–Trinajstić information content (AvgIpc) is 3.35. The third kappa shape index (κ3) is 5.02. The minimum absolute atomic E-state index is 0.00852. The largest absolute Gasteiger partial charge is 0.493 e. The number of nitrogens with zero attached hydrogens (tertiary/aromatic N) is 2. The first-order chi connectivity index (χ1) is 14.0. The van der Waals surface area contributed by atoms with Crippen molar-refractivity contribution in [1.82, 2.24) is 15.8 Å². The Labute approximate surface area is 172 Å². The molecule has 0 spiro atoms. The standard InChI is InChI=1S/C19H22N4O5S/c1-3-28-14-7-6-12(9-15(14)27-2)18(26)22-21-16(24)10-13-11-29-19(20-13)23-8-4-5-17(23)25/h6-7,9,11H,3-5,8,10H2,1-2H3,(H,21,24)(H,22,26). The van der Waals surface area contributed by atoms with Crippen LogP contribution in [0.4, 0.5) is 5.13 Å². The van der Waals surface area contributed by atoms with Crippen LogP contribution < -0.4 is 25.2 Å². The van der Waals surface area contributed by atoms with Crippen LogP contribution in [-0.2, 0) is 16.0 Å². The van der Waals surface area contributed by atoms with E-state index >= 15 is 0 Å². The highest BCUT2D eigenvalue weighted by Gasteiger charge is 2.24. The Hall–Kier alpha value is -3.14. The number of thiazole rings is 1. The molecule has 0 bridgehead atoms. The lowest BCUT2D eigenvalue weighted by molar-refractivity contribution is -0.121. The Morgan fingerprint density at radius 1 is 1.28 bits per heavy atom. The van der Waals surface area contributed by atoms with Gasteiger partial charge in [-0.3, -0.25) is 30.1 Å². The highest BCUT2D eigenvalue weighted by Crippen LogP contribution is 2.28. The Morgan fingerprint density at radius 2 is 2.10 bits per heavy atom. The number of nitrogens with one attached hydrogen (secondary N) is 2. The predicted octanol–water partition coefficient (Wildman–Crippen LogP) is 1.68. The van der Waals surface area contributed by atoms with Crippen LogP contribution in [-0.4, -0.2) is 43.0 Å². The fraction of sp³-hybridized carbons (Fsp3) is 0.368. The van der Waals surface area contributed by atoms with Gasteiger partial charge in [-0.25, -0.2) is 4.98 Å². The molecule has 0 atom stereocenters. The van der Waals surface area contributed by atoms with E-state index in [1.807, 2.05) is 6.92 Å². The zero-order valence-corrected chi connectivity index (χ0v) is 17.0. The lowest BCUT2D eigenvalue weighted by Gasteiger charge is -2.11. The molecule has 1 saturated heterocycles. The van der Waals surface area contributed by atoms with Gasteiger partial charge in [-0.15, -0.1) is 11.3 Å². The number of rotatable bonds is 7. The summed E-state index contributed by atoms with van der Waals surface area (Å²) in [7, 11) is 1.49. The van der Waals surface area contributed by atoms with Gasteiger partial charge < -0.3 is 9.47 Å². The third-order valence-electron chi connectivity index (χ3n) is 4.23.